The third kappa shape index (κ3) is 6.01. The molecule has 1 saturated carbocycles. The molecule has 1 aromatic carbocycles. The van der Waals surface area contributed by atoms with Crippen LogP contribution in [-0.4, -0.2) is 35.8 Å². The molecule has 4 heteroatoms. The van der Waals surface area contributed by atoms with Crippen LogP contribution in [0.3, 0.4) is 0 Å². The topological polar surface area (TPSA) is 38.8 Å². The predicted molar refractivity (Wildman–Crippen MR) is 118 cm³/mol. The van der Waals surface area contributed by atoms with Crippen LogP contribution in [0.15, 0.2) is 30.3 Å². The Bertz CT molecular complexity index is 729. The molecule has 1 aromatic rings. The molecule has 0 N–H and O–H groups in total. The quantitative estimate of drug-likeness (QED) is 0.598. The third-order valence-electron chi connectivity index (χ3n) is 6.00. The van der Waals surface area contributed by atoms with Crippen molar-refractivity contribution in [3.63, 3.8) is 0 Å². The van der Waals surface area contributed by atoms with Gasteiger partial charge in [-0.15, -0.1) is 0 Å². The zero-order chi connectivity index (χ0) is 21.2. The van der Waals surface area contributed by atoms with E-state index < -0.39 is 5.60 Å². The predicted octanol–water partition coefficient (Wildman–Crippen LogP) is 6.30. The van der Waals surface area contributed by atoms with Crippen molar-refractivity contribution in [2.75, 3.05) is 13.1 Å². The number of ether oxygens (including phenoxy) is 2. The molecule has 1 aliphatic carbocycles. The number of rotatable bonds is 3. The van der Waals surface area contributed by atoms with E-state index in [1.165, 1.54) is 12.8 Å². The van der Waals surface area contributed by atoms with Crippen molar-refractivity contribution < 1.29 is 14.3 Å². The number of hydrogen-bond donors (Lipinski definition) is 0. The van der Waals surface area contributed by atoms with Gasteiger partial charge in [-0.05, 0) is 81.1 Å². The number of benzene rings is 1. The summed E-state index contributed by atoms with van der Waals surface area (Å²) < 4.78 is 11.7. The summed E-state index contributed by atoms with van der Waals surface area (Å²) in [6.45, 7) is 13.9. The summed E-state index contributed by atoms with van der Waals surface area (Å²) in [4.78, 5) is 14.0. The first-order valence-corrected chi connectivity index (χ1v) is 11.0. The average Bonchev–Trinajstić information content (AvgIpc) is 3.11. The molecule has 1 aliphatic heterocycles. The molecule has 0 radical (unpaired) electrons. The molecular formula is C25H37NO3. The van der Waals surface area contributed by atoms with E-state index in [0.29, 0.717) is 24.6 Å². The highest BCUT2D eigenvalue weighted by molar-refractivity contribution is 5.77. The second-order valence-corrected chi connectivity index (χ2v) is 10.6. The van der Waals surface area contributed by atoms with Crippen LogP contribution >= 0.6 is 0 Å². The molecule has 0 atom stereocenters. The third-order valence-corrected chi connectivity index (χ3v) is 6.00. The first-order chi connectivity index (χ1) is 13.5. The van der Waals surface area contributed by atoms with E-state index in [2.05, 4.69) is 51.1 Å². The van der Waals surface area contributed by atoms with Crippen LogP contribution in [0.25, 0.3) is 5.57 Å². The van der Waals surface area contributed by atoms with Gasteiger partial charge in [0.25, 0.3) is 0 Å². The van der Waals surface area contributed by atoms with Crippen LogP contribution in [-0.2, 0) is 4.74 Å². The van der Waals surface area contributed by atoms with Gasteiger partial charge < -0.3 is 14.4 Å². The first-order valence-electron chi connectivity index (χ1n) is 11.0. The van der Waals surface area contributed by atoms with Crippen LogP contribution in [0.2, 0.25) is 0 Å². The smallest absolute Gasteiger partial charge is 0.410 e. The van der Waals surface area contributed by atoms with Crippen molar-refractivity contribution in [2.24, 2.45) is 11.3 Å². The zero-order valence-electron chi connectivity index (χ0n) is 19.0. The van der Waals surface area contributed by atoms with Crippen molar-refractivity contribution >= 4 is 11.7 Å². The molecule has 1 amide bonds. The van der Waals surface area contributed by atoms with Crippen molar-refractivity contribution in [3.05, 3.63) is 35.9 Å². The molecule has 0 spiro atoms. The monoisotopic (exact) mass is 399 g/mol. The SMILES string of the molecule is CC(C)(C)OC(=O)N1CC=C(c2ccc(OC3CCC(C(C)(C)C)CC3)cc2)C1. The van der Waals surface area contributed by atoms with Gasteiger partial charge in [-0.1, -0.05) is 39.0 Å². The maximum Gasteiger partial charge on any atom is 0.410 e. The van der Waals surface area contributed by atoms with Gasteiger partial charge in [0, 0.05) is 13.1 Å². The molecule has 4 nitrogen and oxygen atoms in total. The van der Waals surface area contributed by atoms with E-state index in [1.807, 2.05) is 20.8 Å². The van der Waals surface area contributed by atoms with Gasteiger partial charge in [0.05, 0.1) is 6.10 Å². The summed E-state index contributed by atoms with van der Waals surface area (Å²) in [5.74, 6) is 1.74. The number of carbonyl (C=O) groups is 1. The molecule has 1 fully saturated rings. The highest BCUT2D eigenvalue weighted by atomic mass is 16.6. The molecule has 2 aliphatic rings. The van der Waals surface area contributed by atoms with Gasteiger partial charge in [-0.3, -0.25) is 0 Å². The molecule has 0 aromatic heterocycles. The Balaban J connectivity index is 1.50. The van der Waals surface area contributed by atoms with Crippen molar-refractivity contribution in [2.45, 2.75) is 78.9 Å². The molecular weight excluding hydrogens is 362 g/mol. The summed E-state index contributed by atoms with van der Waals surface area (Å²) in [7, 11) is 0. The lowest BCUT2D eigenvalue weighted by Gasteiger charge is -2.36. The first kappa shape index (κ1) is 21.7. The van der Waals surface area contributed by atoms with Crippen molar-refractivity contribution in [1.29, 1.82) is 0 Å². The minimum Gasteiger partial charge on any atom is -0.490 e. The van der Waals surface area contributed by atoms with E-state index in [0.717, 1.165) is 35.6 Å². The summed E-state index contributed by atoms with van der Waals surface area (Å²) in [5, 5.41) is 0. The Morgan fingerprint density at radius 3 is 2.14 bits per heavy atom. The van der Waals surface area contributed by atoms with Crippen LogP contribution in [0.5, 0.6) is 5.75 Å². The maximum atomic E-state index is 12.2. The number of amides is 1. The number of hydrogen-bond acceptors (Lipinski definition) is 3. The molecule has 29 heavy (non-hydrogen) atoms. The Hall–Kier alpha value is -1.97. The van der Waals surface area contributed by atoms with Crippen molar-refractivity contribution in [1.82, 2.24) is 4.90 Å². The molecule has 3 rings (SSSR count). The van der Waals surface area contributed by atoms with Crippen LogP contribution in [0.1, 0.15) is 72.8 Å². The Labute approximate surface area is 176 Å². The molecule has 0 unspecified atom stereocenters. The summed E-state index contributed by atoms with van der Waals surface area (Å²) in [6.07, 6.45) is 6.95. The minimum absolute atomic E-state index is 0.255. The lowest BCUT2D eigenvalue weighted by Crippen LogP contribution is -2.35. The zero-order valence-corrected chi connectivity index (χ0v) is 19.0. The Morgan fingerprint density at radius 1 is 0.966 bits per heavy atom. The Kier molecular flexibility index (Phi) is 6.30. The van der Waals surface area contributed by atoms with E-state index in [1.54, 1.807) is 4.90 Å². The van der Waals surface area contributed by atoms with E-state index >= 15 is 0 Å². The highest BCUT2D eigenvalue weighted by Gasteiger charge is 2.30. The molecule has 1 heterocycles. The lowest BCUT2D eigenvalue weighted by atomic mass is 9.72. The van der Waals surface area contributed by atoms with Crippen molar-refractivity contribution in [3.8, 4) is 5.75 Å². The molecule has 0 saturated heterocycles. The van der Waals surface area contributed by atoms with Gasteiger partial charge in [0.1, 0.15) is 11.4 Å². The minimum atomic E-state index is -0.467. The summed E-state index contributed by atoms with van der Waals surface area (Å²) in [5.41, 5.74) is 2.23. The fourth-order valence-corrected chi connectivity index (χ4v) is 4.22. The van der Waals surface area contributed by atoms with Gasteiger partial charge in [-0.25, -0.2) is 4.79 Å². The van der Waals surface area contributed by atoms with Gasteiger partial charge in [0.15, 0.2) is 0 Å². The fourth-order valence-electron chi connectivity index (χ4n) is 4.22. The largest absolute Gasteiger partial charge is 0.490 e. The normalized spacial score (nSPS) is 23.0. The van der Waals surface area contributed by atoms with E-state index in [-0.39, 0.29) is 6.09 Å². The van der Waals surface area contributed by atoms with Crippen LogP contribution < -0.4 is 4.74 Å². The fraction of sp³-hybridized carbons (Fsp3) is 0.640. The van der Waals surface area contributed by atoms with Gasteiger partial charge >= 0.3 is 6.09 Å². The average molecular weight is 400 g/mol. The highest BCUT2D eigenvalue weighted by Crippen LogP contribution is 2.38. The standard InChI is InChI=1S/C25H37NO3/c1-24(2,3)20-9-13-22(14-10-20)28-21-11-7-18(8-12-21)19-15-16-26(17-19)23(27)29-25(4,5)6/h7-8,11-12,15,20,22H,9-10,13-14,16-17H2,1-6H3. The number of carbonyl (C=O) groups excluding carboxylic acids is 1. The Morgan fingerprint density at radius 2 is 1.59 bits per heavy atom. The summed E-state index contributed by atoms with van der Waals surface area (Å²) in [6, 6.07) is 8.31. The van der Waals surface area contributed by atoms with Gasteiger partial charge in [-0.2, -0.15) is 0 Å². The van der Waals surface area contributed by atoms with Gasteiger partial charge in [0.2, 0.25) is 0 Å². The summed E-state index contributed by atoms with van der Waals surface area (Å²) >= 11 is 0. The maximum absolute atomic E-state index is 12.2. The molecule has 160 valence electrons. The van der Waals surface area contributed by atoms with E-state index in [4.69, 9.17) is 9.47 Å². The molecule has 0 bridgehead atoms. The lowest BCUT2D eigenvalue weighted by molar-refractivity contribution is 0.0306. The van der Waals surface area contributed by atoms with Crippen LogP contribution in [0, 0.1) is 11.3 Å². The second-order valence-electron chi connectivity index (χ2n) is 10.6. The number of nitrogens with zero attached hydrogens (tertiary/aromatic N) is 1. The van der Waals surface area contributed by atoms with Crippen LogP contribution in [0.4, 0.5) is 4.79 Å². The van der Waals surface area contributed by atoms with E-state index in [9.17, 15) is 4.79 Å². The second kappa shape index (κ2) is 8.41.